The van der Waals surface area contributed by atoms with Crippen LogP contribution in [-0.2, 0) is 17.8 Å². The number of nitrogens with zero attached hydrogens (tertiary/aromatic N) is 4. The Bertz CT molecular complexity index is 1200. The van der Waals surface area contributed by atoms with Gasteiger partial charge in [0.1, 0.15) is 10.8 Å². The summed E-state index contributed by atoms with van der Waals surface area (Å²) in [7, 11) is 0. The van der Waals surface area contributed by atoms with E-state index in [4.69, 9.17) is 15.7 Å². The second-order valence-corrected chi connectivity index (χ2v) is 10.8. The molecule has 8 heteroatoms. The van der Waals surface area contributed by atoms with Crippen LogP contribution in [0.4, 0.5) is 0 Å². The summed E-state index contributed by atoms with van der Waals surface area (Å²) in [5.74, 6) is 6.21. The molecule has 2 aliphatic heterocycles. The molecule has 2 N–H and O–H groups in total. The Balaban J connectivity index is 1.09. The Kier molecular flexibility index (Phi) is 5.99. The number of thiazole rings is 1. The van der Waals surface area contributed by atoms with Gasteiger partial charge in [0.2, 0.25) is 5.91 Å². The lowest BCUT2D eigenvalue weighted by Crippen LogP contribution is -2.55. The van der Waals surface area contributed by atoms with Crippen LogP contribution < -0.4 is 10.7 Å². The van der Waals surface area contributed by atoms with Crippen molar-refractivity contribution in [3.63, 3.8) is 0 Å². The lowest BCUT2D eigenvalue weighted by molar-refractivity contribution is -0.135. The minimum absolute atomic E-state index is 0.275. The maximum absolute atomic E-state index is 13.0. The molecule has 34 heavy (non-hydrogen) atoms. The summed E-state index contributed by atoms with van der Waals surface area (Å²) in [4.78, 5) is 31.0. The summed E-state index contributed by atoms with van der Waals surface area (Å²) in [6, 6.07) is 13.0. The second-order valence-electron chi connectivity index (χ2n) is 9.69. The molecule has 1 aromatic heterocycles. The summed E-state index contributed by atoms with van der Waals surface area (Å²) >= 11 is 1.75. The molecule has 1 aliphatic carbocycles. The summed E-state index contributed by atoms with van der Waals surface area (Å²) in [6.45, 7) is 6.03. The van der Waals surface area contributed by atoms with E-state index in [1.165, 1.54) is 29.8 Å². The molecule has 1 amide bonds. The molecule has 1 saturated carbocycles. The Morgan fingerprint density at radius 2 is 1.85 bits per heavy atom. The first-order chi connectivity index (χ1) is 16.7. The Morgan fingerprint density at radius 1 is 1.06 bits per heavy atom. The zero-order chi connectivity index (χ0) is 23.1. The molecule has 3 aromatic rings. The number of aromatic nitrogens is 1. The standard InChI is InChI=1S/C26H31N5O2S/c27-33-22-7-6-18-14-20(5-4-19(18)15-22)26-28-23-8-9-29(16-24(23)34-26)17-25(32)31-12-10-30(11-13-31)21-2-1-3-21/h4-7,14-15,21H,1-3,8-13,16-17,27H2. The van der Waals surface area contributed by atoms with Gasteiger partial charge in [-0.15, -0.1) is 11.3 Å². The number of fused-ring (bicyclic) bond motifs is 2. The average Bonchev–Trinajstić information content (AvgIpc) is 3.26. The fraction of sp³-hybridized carbons (Fsp3) is 0.462. The molecule has 2 aromatic carbocycles. The number of piperazine rings is 1. The van der Waals surface area contributed by atoms with E-state index in [9.17, 15) is 4.79 Å². The number of hydrogen-bond donors (Lipinski definition) is 1. The first kappa shape index (κ1) is 22.0. The zero-order valence-electron chi connectivity index (χ0n) is 19.4. The third kappa shape index (κ3) is 4.31. The Hall–Kier alpha value is -2.52. The molecule has 0 spiro atoms. The van der Waals surface area contributed by atoms with E-state index in [1.54, 1.807) is 11.3 Å². The van der Waals surface area contributed by atoms with E-state index in [0.717, 1.165) is 73.1 Å². The number of carbonyl (C=O) groups excluding carboxylic acids is 1. The Labute approximate surface area is 204 Å². The van der Waals surface area contributed by atoms with Gasteiger partial charge in [-0.1, -0.05) is 24.6 Å². The fourth-order valence-corrected chi connectivity index (χ4v) is 6.46. The highest BCUT2D eigenvalue weighted by atomic mass is 32.1. The number of benzene rings is 2. The van der Waals surface area contributed by atoms with Gasteiger partial charge < -0.3 is 9.74 Å². The molecule has 7 nitrogen and oxygen atoms in total. The molecule has 0 unspecified atom stereocenters. The SMILES string of the molecule is NOc1ccc2cc(-c3nc4c(s3)CN(CC(=O)N3CCN(C5CCC5)CC3)CC4)ccc2c1. The topological polar surface area (TPSA) is 74.9 Å². The minimum Gasteiger partial charge on any atom is -0.412 e. The van der Waals surface area contributed by atoms with E-state index < -0.39 is 0 Å². The van der Waals surface area contributed by atoms with Crippen molar-refractivity contribution in [1.29, 1.82) is 0 Å². The molecule has 6 rings (SSSR count). The number of amides is 1. The van der Waals surface area contributed by atoms with Gasteiger partial charge in [-0.25, -0.2) is 4.98 Å². The molecular formula is C26H31N5O2S. The van der Waals surface area contributed by atoms with E-state index in [1.807, 2.05) is 18.2 Å². The highest BCUT2D eigenvalue weighted by Gasteiger charge is 2.30. The van der Waals surface area contributed by atoms with Crippen molar-refractivity contribution >= 4 is 28.0 Å². The van der Waals surface area contributed by atoms with Crippen molar-refractivity contribution in [2.75, 3.05) is 39.3 Å². The van der Waals surface area contributed by atoms with Crippen molar-refractivity contribution in [3.05, 3.63) is 47.0 Å². The van der Waals surface area contributed by atoms with Crippen LogP contribution >= 0.6 is 11.3 Å². The molecule has 2 fully saturated rings. The second kappa shape index (κ2) is 9.26. The molecule has 0 atom stereocenters. The first-order valence-electron chi connectivity index (χ1n) is 12.3. The Morgan fingerprint density at radius 3 is 2.62 bits per heavy atom. The van der Waals surface area contributed by atoms with Gasteiger partial charge in [0, 0.05) is 62.2 Å². The van der Waals surface area contributed by atoms with Gasteiger partial charge in [0.25, 0.3) is 0 Å². The van der Waals surface area contributed by atoms with Crippen LogP contribution in [0.3, 0.4) is 0 Å². The van der Waals surface area contributed by atoms with Gasteiger partial charge in [0.05, 0.1) is 12.2 Å². The van der Waals surface area contributed by atoms with Gasteiger partial charge >= 0.3 is 0 Å². The van der Waals surface area contributed by atoms with Crippen molar-refractivity contribution in [2.24, 2.45) is 5.90 Å². The quantitative estimate of drug-likeness (QED) is 0.569. The predicted octanol–water partition coefficient (Wildman–Crippen LogP) is 3.27. The maximum atomic E-state index is 13.0. The third-order valence-electron chi connectivity index (χ3n) is 7.62. The van der Waals surface area contributed by atoms with Crippen molar-refractivity contribution in [2.45, 2.75) is 38.3 Å². The molecule has 3 heterocycles. The minimum atomic E-state index is 0.275. The molecule has 0 radical (unpaired) electrons. The number of rotatable bonds is 5. The van der Waals surface area contributed by atoms with Gasteiger partial charge in [0.15, 0.2) is 0 Å². The van der Waals surface area contributed by atoms with Crippen LogP contribution in [0.1, 0.15) is 29.8 Å². The van der Waals surface area contributed by atoms with E-state index in [0.29, 0.717) is 12.3 Å². The van der Waals surface area contributed by atoms with Crippen LogP contribution in [0.15, 0.2) is 36.4 Å². The summed E-state index contributed by atoms with van der Waals surface area (Å²) < 4.78 is 0. The van der Waals surface area contributed by atoms with Crippen LogP contribution in [0, 0.1) is 0 Å². The summed E-state index contributed by atoms with van der Waals surface area (Å²) in [6.07, 6.45) is 4.94. The van der Waals surface area contributed by atoms with E-state index in [2.05, 4.69) is 32.9 Å². The number of carbonyl (C=O) groups is 1. The summed E-state index contributed by atoms with van der Waals surface area (Å²) in [5.41, 5.74) is 2.31. The van der Waals surface area contributed by atoms with Crippen molar-refractivity contribution in [1.82, 2.24) is 19.7 Å². The summed E-state index contributed by atoms with van der Waals surface area (Å²) in [5, 5.41) is 3.27. The first-order valence-corrected chi connectivity index (χ1v) is 13.1. The van der Waals surface area contributed by atoms with Crippen LogP contribution in [0.25, 0.3) is 21.3 Å². The van der Waals surface area contributed by atoms with E-state index >= 15 is 0 Å². The smallest absolute Gasteiger partial charge is 0.236 e. The zero-order valence-corrected chi connectivity index (χ0v) is 20.2. The molecule has 178 valence electrons. The number of nitrogens with two attached hydrogens (primary N) is 1. The van der Waals surface area contributed by atoms with E-state index in [-0.39, 0.29) is 5.91 Å². The highest BCUT2D eigenvalue weighted by Crippen LogP contribution is 2.34. The molecule has 1 saturated heterocycles. The molecule has 0 bridgehead atoms. The lowest BCUT2D eigenvalue weighted by Gasteiger charge is -2.43. The van der Waals surface area contributed by atoms with Gasteiger partial charge in [-0.3, -0.25) is 14.6 Å². The monoisotopic (exact) mass is 477 g/mol. The third-order valence-corrected chi connectivity index (χ3v) is 8.75. The molecule has 3 aliphatic rings. The van der Waals surface area contributed by atoms with Crippen molar-refractivity contribution < 1.29 is 9.63 Å². The molecular weight excluding hydrogens is 446 g/mol. The maximum Gasteiger partial charge on any atom is 0.236 e. The average molecular weight is 478 g/mol. The van der Waals surface area contributed by atoms with Crippen LogP contribution in [0.5, 0.6) is 5.75 Å². The van der Waals surface area contributed by atoms with Crippen LogP contribution in [-0.4, -0.2) is 70.9 Å². The largest absolute Gasteiger partial charge is 0.412 e. The van der Waals surface area contributed by atoms with Gasteiger partial charge in [-0.05, 0) is 41.8 Å². The van der Waals surface area contributed by atoms with Crippen LogP contribution in [0.2, 0.25) is 0 Å². The highest BCUT2D eigenvalue weighted by molar-refractivity contribution is 7.15. The lowest BCUT2D eigenvalue weighted by atomic mass is 9.91. The number of hydrogen-bond acceptors (Lipinski definition) is 7. The van der Waals surface area contributed by atoms with Crippen molar-refractivity contribution in [3.8, 4) is 16.3 Å². The predicted molar refractivity (Wildman–Crippen MR) is 135 cm³/mol. The van der Waals surface area contributed by atoms with Gasteiger partial charge in [-0.2, -0.15) is 5.90 Å². The normalized spacial score (nSPS) is 19.7. The fourth-order valence-electron chi connectivity index (χ4n) is 5.32.